The quantitative estimate of drug-likeness (QED) is 0.715. The van der Waals surface area contributed by atoms with E-state index in [1.807, 2.05) is 0 Å². The summed E-state index contributed by atoms with van der Waals surface area (Å²) >= 11 is 0. The van der Waals surface area contributed by atoms with Crippen LogP contribution in [0, 0.1) is 0 Å². The summed E-state index contributed by atoms with van der Waals surface area (Å²) in [4.78, 5) is 14.7. The summed E-state index contributed by atoms with van der Waals surface area (Å²) in [7, 11) is 0. The monoisotopic (exact) mass is 189 g/mol. The first-order chi connectivity index (χ1) is 6.68. The van der Waals surface area contributed by atoms with E-state index in [4.69, 9.17) is 5.11 Å². The molecule has 14 heavy (non-hydrogen) atoms. The zero-order valence-corrected chi connectivity index (χ0v) is 7.14. The van der Waals surface area contributed by atoms with Gasteiger partial charge >= 0.3 is 5.97 Å². The van der Waals surface area contributed by atoms with Crippen LogP contribution in [-0.2, 0) is 0 Å². The van der Waals surface area contributed by atoms with E-state index in [2.05, 4.69) is 4.98 Å². The van der Waals surface area contributed by atoms with Crippen molar-refractivity contribution in [3.8, 4) is 5.75 Å². The van der Waals surface area contributed by atoms with Crippen molar-refractivity contribution in [3.63, 3.8) is 0 Å². The van der Waals surface area contributed by atoms with Gasteiger partial charge in [0.25, 0.3) is 0 Å². The van der Waals surface area contributed by atoms with Gasteiger partial charge in [0.15, 0.2) is 0 Å². The number of hydrogen-bond donors (Lipinski definition) is 2. The second-order valence-corrected chi connectivity index (χ2v) is 2.87. The number of fused-ring (bicyclic) bond motifs is 1. The van der Waals surface area contributed by atoms with E-state index in [9.17, 15) is 9.90 Å². The number of phenols is 1. The highest BCUT2D eigenvalue weighted by atomic mass is 16.4. The van der Waals surface area contributed by atoms with E-state index in [-0.39, 0.29) is 11.3 Å². The third-order valence-electron chi connectivity index (χ3n) is 1.95. The van der Waals surface area contributed by atoms with Crippen LogP contribution in [0.25, 0.3) is 10.9 Å². The second kappa shape index (κ2) is 2.99. The summed E-state index contributed by atoms with van der Waals surface area (Å²) in [6.45, 7) is 0. The van der Waals surface area contributed by atoms with Gasteiger partial charge in [-0.1, -0.05) is 6.07 Å². The number of aromatic hydroxyl groups is 1. The van der Waals surface area contributed by atoms with Crippen molar-refractivity contribution in [2.24, 2.45) is 0 Å². The highest BCUT2D eigenvalue weighted by Gasteiger charge is 2.10. The highest BCUT2D eigenvalue weighted by Crippen LogP contribution is 2.23. The lowest BCUT2D eigenvalue weighted by atomic mass is 10.1. The molecule has 1 heterocycles. The maximum absolute atomic E-state index is 10.7. The van der Waals surface area contributed by atoms with Crippen LogP contribution in [0.2, 0.25) is 0 Å². The minimum absolute atomic E-state index is 0.129. The fourth-order valence-corrected chi connectivity index (χ4v) is 1.28. The van der Waals surface area contributed by atoms with E-state index in [0.717, 1.165) is 5.39 Å². The molecule has 0 atom stereocenters. The average Bonchev–Trinajstić information content (AvgIpc) is 2.16. The summed E-state index contributed by atoms with van der Waals surface area (Å²) < 4.78 is 0. The normalized spacial score (nSPS) is 10.3. The molecule has 2 aromatic rings. The third kappa shape index (κ3) is 1.26. The van der Waals surface area contributed by atoms with Crippen molar-refractivity contribution >= 4 is 16.9 Å². The van der Waals surface area contributed by atoms with Crippen LogP contribution >= 0.6 is 0 Å². The minimum atomic E-state index is -1.16. The molecule has 70 valence electrons. The Balaban J connectivity index is 2.77. The molecule has 0 aliphatic rings. The molecule has 0 radical (unpaired) electrons. The maximum Gasteiger partial charge on any atom is 0.339 e. The van der Waals surface area contributed by atoms with Crippen LogP contribution in [0.15, 0.2) is 30.5 Å². The van der Waals surface area contributed by atoms with Crippen molar-refractivity contribution in [2.75, 3.05) is 0 Å². The number of nitrogens with zero attached hydrogens (tertiary/aromatic N) is 1. The molecule has 0 fully saturated rings. The van der Waals surface area contributed by atoms with Crippen LogP contribution in [0.1, 0.15) is 10.4 Å². The lowest BCUT2D eigenvalue weighted by Crippen LogP contribution is -1.96. The standard InChI is InChI=1S/C10H7NO3/c12-9-4-6-2-1-3-11-8(6)5-7(9)10(13)14/h1-5,12H,(H,13,14). The second-order valence-electron chi connectivity index (χ2n) is 2.87. The molecule has 0 aliphatic heterocycles. The molecule has 0 amide bonds. The predicted molar refractivity (Wildman–Crippen MR) is 50.4 cm³/mol. The SMILES string of the molecule is O=C(O)c1cc2ncccc2cc1O. The third-order valence-corrected chi connectivity index (χ3v) is 1.95. The molecule has 2 rings (SSSR count). The van der Waals surface area contributed by atoms with Gasteiger partial charge in [-0.15, -0.1) is 0 Å². The number of aromatic nitrogens is 1. The lowest BCUT2D eigenvalue weighted by molar-refractivity contribution is 0.0694. The van der Waals surface area contributed by atoms with Gasteiger partial charge in [-0.3, -0.25) is 4.98 Å². The van der Waals surface area contributed by atoms with Crippen LogP contribution < -0.4 is 0 Å². The van der Waals surface area contributed by atoms with Crippen LogP contribution in [-0.4, -0.2) is 21.2 Å². The zero-order chi connectivity index (χ0) is 10.1. The fourth-order valence-electron chi connectivity index (χ4n) is 1.28. The number of carbonyl (C=O) groups is 1. The van der Waals surface area contributed by atoms with Crippen molar-refractivity contribution in [2.45, 2.75) is 0 Å². The molecule has 0 bridgehead atoms. The lowest BCUT2D eigenvalue weighted by Gasteiger charge is -2.01. The first-order valence-electron chi connectivity index (χ1n) is 3.99. The topological polar surface area (TPSA) is 70.4 Å². The van der Waals surface area contributed by atoms with Crippen LogP contribution in [0.4, 0.5) is 0 Å². The van der Waals surface area contributed by atoms with E-state index in [0.29, 0.717) is 5.52 Å². The summed E-state index contributed by atoms with van der Waals surface area (Å²) in [5.74, 6) is -1.40. The average molecular weight is 189 g/mol. The van der Waals surface area contributed by atoms with E-state index < -0.39 is 5.97 Å². The zero-order valence-electron chi connectivity index (χ0n) is 7.14. The molecule has 0 aliphatic carbocycles. The summed E-state index contributed by atoms with van der Waals surface area (Å²) in [6.07, 6.45) is 1.57. The van der Waals surface area contributed by atoms with Gasteiger partial charge in [0.05, 0.1) is 5.52 Å². The fraction of sp³-hybridized carbons (Fsp3) is 0. The van der Waals surface area contributed by atoms with Crippen molar-refractivity contribution in [1.82, 2.24) is 4.98 Å². The predicted octanol–water partition coefficient (Wildman–Crippen LogP) is 1.64. The van der Waals surface area contributed by atoms with Gasteiger partial charge in [0.2, 0.25) is 0 Å². The molecule has 0 spiro atoms. The Bertz CT molecular complexity index is 508. The highest BCUT2D eigenvalue weighted by molar-refractivity contribution is 5.96. The summed E-state index contributed by atoms with van der Waals surface area (Å²) in [6, 6.07) is 6.23. The molecule has 0 saturated heterocycles. The molecule has 0 saturated carbocycles. The van der Waals surface area contributed by atoms with Gasteiger partial charge in [-0.25, -0.2) is 4.79 Å². The number of pyridine rings is 1. The molecular weight excluding hydrogens is 182 g/mol. The van der Waals surface area contributed by atoms with Gasteiger partial charge in [0.1, 0.15) is 11.3 Å². The molecular formula is C10H7NO3. The van der Waals surface area contributed by atoms with E-state index in [1.54, 1.807) is 18.3 Å². The Labute approximate surface area is 79.4 Å². The molecule has 1 aromatic carbocycles. The first kappa shape index (κ1) is 8.50. The summed E-state index contributed by atoms with van der Waals surface area (Å²) in [5, 5.41) is 18.8. The van der Waals surface area contributed by atoms with Gasteiger partial charge in [0, 0.05) is 11.6 Å². The Morgan fingerprint density at radius 3 is 2.86 bits per heavy atom. The molecule has 0 unspecified atom stereocenters. The number of carboxylic acids is 1. The largest absolute Gasteiger partial charge is 0.507 e. The Hall–Kier alpha value is -2.10. The van der Waals surface area contributed by atoms with Gasteiger partial charge in [-0.2, -0.15) is 0 Å². The number of rotatable bonds is 1. The minimum Gasteiger partial charge on any atom is -0.507 e. The number of aromatic carboxylic acids is 1. The Morgan fingerprint density at radius 1 is 1.36 bits per heavy atom. The van der Waals surface area contributed by atoms with Crippen LogP contribution in [0.5, 0.6) is 5.75 Å². The van der Waals surface area contributed by atoms with E-state index >= 15 is 0 Å². The molecule has 2 N–H and O–H groups in total. The Kier molecular flexibility index (Phi) is 1.81. The number of carboxylic acid groups (broad SMARTS) is 1. The van der Waals surface area contributed by atoms with E-state index in [1.165, 1.54) is 12.1 Å². The maximum atomic E-state index is 10.7. The number of benzene rings is 1. The van der Waals surface area contributed by atoms with Crippen molar-refractivity contribution < 1.29 is 15.0 Å². The number of hydrogen-bond acceptors (Lipinski definition) is 3. The Morgan fingerprint density at radius 2 is 2.14 bits per heavy atom. The molecule has 4 heteroatoms. The van der Waals surface area contributed by atoms with Crippen molar-refractivity contribution in [3.05, 3.63) is 36.0 Å². The van der Waals surface area contributed by atoms with Crippen LogP contribution in [0.3, 0.4) is 0 Å². The molecule has 1 aromatic heterocycles. The van der Waals surface area contributed by atoms with Crippen molar-refractivity contribution in [1.29, 1.82) is 0 Å². The smallest absolute Gasteiger partial charge is 0.339 e. The van der Waals surface area contributed by atoms with Gasteiger partial charge < -0.3 is 10.2 Å². The summed E-state index contributed by atoms with van der Waals surface area (Å²) in [5.41, 5.74) is 0.430. The molecule has 4 nitrogen and oxygen atoms in total. The first-order valence-corrected chi connectivity index (χ1v) is 3.99. The van der Waals surface area contributed by atoms with Gasteiger partial charge in [-0.05, 0) is 18.2 Å².